The molecule has 0 atom stereocenters. The minimum atomic E-state index is -0.936. The molecule has 0 N–H and O–H groups in total. The third kappa shape index (κ3) is 5.11. The third-order valence-electron chi connectivity index (χ3n) is 6.80. The van der Waals surface area contributed by atoms with Gasteiger partial charge in [0.2, 0.25) is 0 Å². The Kier molecular flexibility index (Phi) is 7.99. The monoisotopic (exact) mass is 568 g/mol. The summed E-state index contributed by atoms with van der Waals surface area (Å²) in [5, 5.41) is 0. The van der Waals surface area contributed by atoms with Gasteiger partial charge in [0.1, 0.15) is 0 Å². The fourth-order valence-corrected chi connectivity index (χ4v) is 8.47. The molecule has 0 aliphatic heterocycles. The van der Waals surface area contributed by atoms with E-state index in [4.69, 9.17) is 4.42 Å². The second-order valence-electron chi connectivity index (χ2n) is 11.2. The molecule has 34 heavy (non-hydrogen) atoms. The zero-order valence-corrected chi connectivity index (χ0v) is 24.8. The van der Waals surface area contributed by atoms with E-state index in [-0.39, 0.29) is 35.6 Å². The smallest absolute Gasteiger partial charge is 1.00 e. The van der Waals surface area contributed by atoms with E-state index < -0.39 is 23.2 Å². The molecular weight excluding hydrogens is 538 g/mol. The summed E-state index contributed by atoms with van der Waals surface area (Å²) in [6.45, 7) is 14.0. The zero-order valence-electron chi connectivity index (χ0n) is 20.9. The Labute approximate surface area is 228 Å². The van der Waals surface area contributed by atoms with Gasteiger partial charge in [-0.1, -0.05) is 0 Å². The van der Waals surface area contributed by atoms with Crippen LogP contribution in [0.3, 0.4) is 0 Å². The number of halogens is 2. The Hall–Kier alpha value is -1.34. The van der Waals surface area contributed by atoms with Crippen LogP contribution >= 0.6 is 0 Å². The van der Waals surface area contributed by atoms with Gasteiger partial charge in [-0.15, -0.1) is 0 Å². The standard InChI is InChI=1S/C21H25.C9H7O.2ClH.Zr/c1-20(2,3)16-9-7-14-11-15-8-10-17(21(4,5)6)13-19(15)18(14)12-16;1-2-4-8(3-1)9-5-6-10-7-9;;;/h7,9-10,12-13H,11H2,1-6H3;1,3,5-7H,2H2;2*1H;/q;;;;+2/p-2. The quantitative estimate of drug-likeness (QED) is 0.365. The van der Waals surface area contributed by atoms with Crippen molar-refractivity contribution in [3.05, 3.63) is 92.2 Å². The number of benzene rings is 2. The van der Waals surface area contributed by atoms with Gasteiger partial charge in [0, 0.05) is 0 Å². The van der Waals surface area contributed by atoms with Crippen molar-refractivity contribution >= 4 is 8.84 Å². The molecule has 1 heterocycles. The maximum atomic E-state index is 5.39. The molecule has 0 bridgehead atoms. The average molecular weight is 571 g/mol. The molecule has 1 nitrogen and oxygen atoms in total. The Morgan fingerprint density at radius 1 is 0.824 bits per heavy atom. The largest absolute Gasteiger partial charge is 1.00 e. The number of hydrogen-bond acceptors (Lipinski definition) is 1. The van der Waals surface area contributed by atoms with E-state index in [9.17, 15) is 0 Å². The molecule has 1 aromatic heterocycles. The molecule has 3 aromatic rings. The first kappa shape index (κ1) is 27.3. The maximum Gasteiger partial charge on any atom is -1.00 e. The molecule has 0 saturated carbocycles. The van der Waals surface area contributed by atoms with Gasteiger partial charge in [0.15, 0.2) is 0 Å². The molecule has 0 radical (unpaired) electrons. The van der Waals surface area contributed by atoms with Crippen molar-refractivity contribution < 1.29 is 52.5 Å². The van der Waals surface area contributed by atoms with Gasteiger partial charge in [0.25, 0.3) is 0 Å². The second kappa shape index (κ2) is 9.96. The van der Waals surface area contributed by atoms with Crippen LogP contribution in [0.25, 0.3) is 16.7 Å². The van der Waals surface area contributed by atoms with Crippen LogP contribution in [0, 0.1) is 0 Å². The molecule has 0 saturated heterocycles. The van der Waals surface area contributed by atoms with Crippen LogP contribution in [0.5, 0.6) is 0 Å². The van der Waals surface area contributed by atoms with Crippen molar-refractivity contribution in [3.8, 4) is 11.1 Å². The average Bonchev–Trinajstić information content (AvgIpc) is 3.45. The van der Waals surface area contributed by atoms with Gasteiger partial charge >= 0.3 is 205 Å². The normalized spacial score (nSPS) is 14.3. The Bertz CT molecular complexity index is 1250. The Morgan fingerprint density at radius 2 is 1.53 bits per heavy atom. The van der Waals surface area contributed by atoms with Gasteiger partial charge in [-0.2, -0.15) is 0 Å². The predicted octanol–water partition coefficient (Wildman–Crippen LogP) is 1.53. The topological polar surface area (TPSA) is 13.1 Å². The number of furan rings is 1. The van der Waals surface area contributed by atoms with Crippen LogP contribution in [0.1, 0.15) is 75.8 Å². The van der Waals surface area contributed by atoms with Crippen molar-refractivity contribution in [2.45, 2.75) is 65.2 Å². The minimum absolute atomic E-state index is 0. The molecular formula is C30H32Cl2OZr. The molecule has 0 amide bonds. The molecule has 4 heteroatoms. The van der Waals surface area contributed by atoms with Crippen molar-refractivity contribution in [2.75, 3.05) is 0 Å². The summed E-state index contributed by atoms with van der Waals surface area (Å²) in [7, 11) is 0. The van der Waals surface area contributed by atoms with Crippen molar-refractivity contribution in [2.24, 2.45) is 0 Å². The summed E-state index contributed by atoms with van der Waals surface area (Å²) in [5.74, 6) is 0. The summed E-state index contributed by atoms with van der Waals surface area (Å²) < 4.78 is 8.71. The number of rotatable bonds is 3. The van der Waals surface area contributed by atoms with Crippen LogP contribution in [-0.4, -0.2) is 0 Å². The summed E-state index contributed by atoms with van der Waals surface area (Å²) in [6, 6.07) is 14.3. The van der Waals surface area contributed by atoms with E-state index in [0.29, 0.717) is 0 Å². The molecule has 2 aromatic carbocycles. The first-order valence-electron chi connectivity index (χ1n) is 11.6. The first-order valence-corrected chi connectivity index (χ1v) is 14.1. The van der Waals surface area contributed by atoms with E-state index in [2.05, 4.69) is 90.1 Å². The third-order valence-corrected chi connectivity index (χ3v) is 10.5. The van der Waals surface area contributed by atoms with Gasteiger partial charge in [-0.3, -0.25) is 0 Å². The van der Waals surface area contributed by atoms with Crippen LogP contribution in [0.4, 0.5) is 0 Å². The number of fused-ring (bicyclic) bond motifs is 3. The number of allylic oxidation sites excluding steroid dienone is 4. The summed E-state index contributed by atoms with van der Waals surface area (Å²) in [6.07, 6.45) is 10.5. The van der Waals surface area contributed by atoms with Gasteiger partial charge in [-0.05, 0) is 0 Å². The molecule has 2 aliphatic carbocycles. The molecule has 0 fully saturated rings. The van der Waals surface area contributed by atoms with Crippen molar-refractivity contribution in [1.29, 1.82) is 0 Å². The van der Waals surface area contributed by atoms with Crippen molar-refractivity contribution in [1.82, 2.24) is 0 Å². The fourth-order valence-electron chi connectivity index (χ4n) is 4.76. The van der Waals surface area contributed by atoms with Crippen LogP contribution in [-0.2, 0) is 40.5 Å². The van der Waals surface area contributed by atoms with E-state index >= 15 is 0 Å². The Balaban J connectivity index is 0.00000162. The van der Waals surface area contributed by atoms with Gasteiger partial charge in [0.05, 0.1) is 0 Å². The molecule has 176 valence electrons. The van der Waals surface area contributed by atoms with Crippen LogP contribution in [0.15, 0.2) is 68.8 Å². The fraction of sp³-hybridized carbons (Fsp3) is 0.333. The van der Waals surface area contributed by atoms with E-state index in [1.54, 1.807) is 18.4 Å². The van der Waals surface area contributed by atoms with E-state index in [1.165, 1.54) is 39.0 Å². The van der Waals surface area contributed by atoms with Gasteiger partial charge < -0.3 is 24.8 Å². The SMILES string of the molecule is CC(C)(C)c1ccc2c(c1)-c1cc(C(C)(C)C)c[c]([Zr+2][C]3=C(c4ccoc4)C=CC3)c1C2.[Cl-].[Cl-]. The first-order chi connectivity index (χ1) is 15.1. The summed E-state index contributed by atoms with van der Waals surface area (Å²) >= 11 is -0.936. The molecule has 5 rings (SSSR count). The maximum absolute atomic E-state index is 5.39. The van der Waals surface area contributed by atoms with E-state index in [0.717, 1.165) is 12.8 Å². The predicted molar refractivity (Wildman–Crippen MR) is 131 cm³/mol. The van der Waals surface area contributed by atoms with Crippen LogP contribution < -0.4 is 28.1 Å². The molecule has 0 spiro atoms. The Morgan fingerprint density at radius 3 is 2.18 bits per heavy atom. The summed E-state index contributed by atoms with van der Waals surface area (Å²) in [5.41, 5.74) is 11.9. The molecule has 2 aliphatic rings. The second-order valence-corrected chi connectivity index (χ2v) is 14.7. The van der Waals surface area contributed by atoms with Crippen LogP contribution in [0.2, 0.25) is 0 Å². The van der Waals surface area contributed by atoms with Gasteiger partial charge in [-0.25, -0.2) is 0 Å². The van der Waals surface area contributed by atoms with Crippen molar-refractivity contribution in [3.63, 3.8) is 0 Å². The zero-order chi connectivity index (χ0) is 22.7. The molecule has 0 unspecified atom stereocenters. The number of hydrogen-bond donors (Lipinski definition) is 0. The minimum Gasteiger partial charge on any atom is -1.00 e. The summed E-state index contributed by atoms with van der Waals surface area (Å²) in [4.78, 5) is 0. The van der Waals surface area contributed by atoms with E-state index in [1.807, 2.05) is 6.26 Å².